The lowest BCUT2D eigenvalue weighted by Gasteiger charge is -2.32. The highest BCUT2D eigenvalue weighted by molar-refractivity contribution is 5.84. The topological polar surface area (TPSA) is 80.8 Å². The zero-order chi connectivity index (χ0) is 22.6. The molecule has 0 saturated carbocycles. The van der Waals surface area contributed by atoms with Gasteiger partial charge in [-0.1, -0.05) is 5.16 Å². The van der Waals surface area contributed by atoms with Crippen LogP contribution in [0.5, 0.6) is 11.5 Å². The molecular weight excluding hydrogens is 418 g/mol. The molecule has 1 aromatic heterocycles. The van der Waals surface area contributed by atoms with Crippen LogP contribution in [0.2, 0.25) is 0 Å². The third kappa shape index (κ3) is 5.03. The van der Waals surface area contributed by atoms with Crippen molar-refractivity contribution in [1.29, 1.82) is 5.26 Å². The molecule has 0 atom stereocenters. The van der Waals surface area contributed by atoms with Gasteiger partial charge in [0.05, 0.1) is 30.5 Å². The Morgan fingerprint density at radius 1 is 1.09 bits per heavy atom. The molecule has 0 N–H and O–H groups in total. The monoisotopic (exact) mass is 447 g/mol. The van der Waals surface area contributed by atoms with E-state index >= 15 is 0 Å². The summed E-state index contributed by atoms with van der Waals surface area (Å²) in [6.45, 7) is 6.51. The van der Waals surface area contributed by atoms with Gasteiger partial charge in [0.1, 0.15) is 11.5 Å². The first-order chi connectivity index (χ1) is 16.2. The number of aromatic nitrogens is 1. The van der Waals surface area contributed by atoms with Crippen LogP contribution in [0.25, 0.3) is 11.0 Å². The number of rotatable bonds is 7. The summed E-state index contributed by atoms with van der Waals surface area (Å²) in [5.74, 6) is 2.13. The molecule has 2 aromatic carbocycles. The Morgan fingerprint density at radius 3 is 2.58 bits per heavy atom. The van der Waals surface area contributed by atoms with Crippen LogP contribution in [0.4, 0.5) is 0 Å². The van der Waals surface area contributed by atoms with Crippen LogP contribution in [0.3, 0.4) is 0 Å². The van der Waals surface area contributed by atoms with Gasteiger partial charge in [0.15, 0.2) is 11.9 Å². The highest BCUT2D eigenvalue weighted by Crippen LogP contribution is 2.33. The second kappa shape index (κ2) is 9.92. The Morgan fingerprint density at radius 2 is 1.85 bits per heavy atom. The van der Waals surface area contributed by atoms with Crippen molar-refractivity contribution in [3.05, 3.63) is 53.2 Å². The van der Waals surface area contributed by atoms with E-state index in [1.807, 2.05) is 19.1 Å². The van der Waals surface area contributed by atoms with Gasteiger partial charge in [0.25, 0.3) is 0 Å². The molecule has 3 heterocycles. The standard InChI is InChI=1S/C26H29N3O4/c1-18-24(32-21-5-2-20(16-27)3-6-21)9-7-22-23(28-33-26(18)22)8-4-19-10-12-29(13-11-19)17-25-30-14-15-31-25/h2-3,5-7,9,19,25H,4,8,10-15,17H2,1H3. The van der Waals surface area contributed by atoms with E-state index in [-0.39, 0.29) is 6.29 Å². The number of nitrogens with zero attached hydrogens (tertiary/aromatic N) is 3. The summed E-state index contributed by atoms with van der Waals surface area (Å²) in [6.07, 6.45) is 4.39. The zero-order valence-electron chi connectivity index (χ0n) is 19.0. The van der Waals surface area contributed by atoms with E-state index < -0.39 is 0 Å². The van der Waals surface area contributed by atoms with Crippen LogP contribution < -0.4 is 4.74 Å². The van der Waals surface area contributed by atoms with Crippen molar-refractivity contribution in [1.82, 2.24) is 10.1 Å². The minimum atomic E-state index is -0.0444. The van der Waals surface area contributed by atoms with E-state index in [4.69, 9.17) is 24.0 Å². The molecule has 172 valence electrons. The fourth-order valence-electron chi connectivity index (χ4n) is 4.71. The van der Waals surface area contributed by atoms with Crippen molar-refractivity contribution in [3.63, 3.8) is 0 Å². The average molecular weight is 448 g/mol. The molecule has 0 unspecified atom stereocenters. The second-order valence-electron chi connectivity index (χ2n) is 8.89. The molecule has 2 aliphatic heterocycles. The third-order valence-corrected chi connectivity index (χ3v) is 6.72. The predicted molar refractivity (Wildman–Crippen MR) is 123 cm³/mol. The number of aryl methyl sites for hydroxylation is 2. The van der Waals surface area contributed by atoms with E-state index in [1.165, 1.54) is 12.8 Å². The molecule has 7 nitrogen and oxygen atoms in total. The predicted octanol–water partition coefficient (Wildman–Crippen LogP) is 4.82. The van der Waals surface area contributed by atoms with E-state index in [1.54, 1.807) is 24.3 Å². The fourth-order valence-corrected chi connectivity index (χ4v) is 4.71. The number of nitriles is 1. The van der Waals surface area contributed by atoms with Gasteiger partial charge in [-0.15, -0.1) is 0 Å². The molecule has 0 radical (unpaired) electrons. The van der Waals surface area contributed by atoms with Crippen LogP contribution >= 0.6 is 0 Å². The molecule has 3 aromatic rings. The van der Waals surface area contributed by atoms with Crippen LogP contribution in [0, 0.1) is 24.2 Å². The van der Waals surface area contributed by atoms with E-state index in [0.717, 1.165) is 73.7 Å². The number of fused-ring (bicyclic) bond motifs is 1. The first-order valence-electron chi connectivity index (χ1n) is 11.7. The quantitative estimate of drug-likeness (QED) is 0.514. The number of piperidine rings is 1. The summed E-state index contributed by atoms with van der Waals surface area (Å²) in [4.78, 5) is 2.46. The lowest BCUT2D eigenvalue weighted by atomic mass is 9.91. The molecular formula is C26H29N3O4. The van der Waals surface area contributed by atoms with Crippen molar-refractivity contribution < 1.29 is 18.7 Å². The van der Waals surface area contributed by atoms with Crippen molar-refractivity contribution in [2.24, 2.45) is 5.92 Å². The largest absolute Gasteiger partial charge is 0.457 e. The molecule has 7 heteroatoms. The van der Waals surface area contributed by atoms with Gasteiger partial charge in [-0.25, -0.2) is 0 Å². The number of hydrogen-bond acceptors (Lipinski definition) is 7. The summed E-state index contributed by atoms with van der Waals surface area (Å²) in [5.41, 5.74) is 3.34. The molecule has 0 amide bonds. The minimum Gasteiger partial charge on any atom is -0.457 e. The summed E-state index contributed by atoms with van der Waals surface area (Å²) < 4.78 is 22.9. The molecule has 0 spiro atoms. The maximum Gasteiger partial charge on any atom is 0.173 e. The minimum absolute atomic E-state index is 0.0444. The normalized spacial score (nSPS) is 18.1. The molecule has 2 aliphatic rings. The van der Waals surface area contributed by atoms with Crippen molar-refractivity contribution in [3.8, 4) is 17.6 Å². The van der Waals surface area contributed by atoms with Crippen LogP contribution in [-0.4, -0.2) is 49.2 Å². The lowest BCUT2D eigenvalue weighted by molar-refractivity contribution is -0.0661. The Balaban J connectivity index is 1.17. The summed E-state index contributed by atoms with van der Waals surface area (Å²) in [6, 6.07) is 13.2. The van der Waals surface area contributed by atoms with Crippen LogP contribution in [0.15, 0.2) is 40.9 Å². The third-order valence-electron chi connectivity index (χ3n) is 6.72. The summed E-state index contributed by atoms with van der Waals surface area (Å²) >= 11 is 0. The van der Waals surface area contributed by atoms with E-state index in [2.05, 4.69) is 16.1 Å². The van der Waals surface area contributed by atoms with Gasteiger partial charge >= 0.3 is 0 Å². The number of hydrogen-bond donors (Lipinski definition) is 0. The Hall–Kier alpha value is -2.92. The fraction of sp³-hybridized carbons (Fsp3) is 0.462. The Kier molecular flexibility index (Phi) is 6.58. The van der Waals surface area contributed by atoms with Crippen molar-refractivity contribution in [2.45, 2.75) is 38.9 Å². The van der Waals surface area contributed by atoms with Gasteiger partial charge in [0, 0.05) is 17.5 Å². The van der Waals surface area contributed by atoms with E-state index in [0.29, 0.717) is 17.2 Å². The highest BCUT2D eigenvalue weighted by Gasteiger charge is 2.25. The number of benzene rings is 2. The Bertz CT molecular complexity index is 1120. The summed E-state index contributed by atoms with van der Waals surface area (Å²) in [7, 11) is 0. The number of likely N-dealkylation sites (tertiary alicyclic amines) is 1. The molecule has 33 heavy (non-hydrogen) atoms. The van der Waals surface area contributed by atoms with Crippen LogP contribution in [-0.2, 0) is 15.9 Å². The van der Waals surface area contributed by atoms with Gasteiger partial charge in [-0.05, 0) is 88.0 Å². The Labute approximate surface area is 193 Å². The SMILES string of the molecule is Cc1c(Oc2ccc(C#N)cc2)ccc2c(CCC3CCN(CC4OCCO4)CC3)noc12. The maximum absolute atomic E-state index is 8.95. The molecule has 0 aliphatic carbocycles. The first-order valence-corrected chi connectivity index (χ1v) is 11.7. The average Bonchev–Trinajstić information content (AvgIpc) is 3.51. The van der Waals surface area contributed by atoms with Crippen LogP contribution in [0.1, 0.15) is 36.1 Å². The van der Waals surface area contributed by atoms with Gasteiger partial charge in [0.2, 0.25) is 0 Å². The molecule has 2 fully saturated rings. The van der Waals surface area contributed by atoms with Crippen molar-refractivity contribution >= 4 is 11.0 Å². The van der Waals surface area contributed by atoms with Gasteiger partial charge in [-0.3, -0.25) is 4.90 Å². The maximum atomic E-state index is 8.95. The molecule has 5 rings (SSSR count). The smallest absolute Gasteiger partial charge is 0.173 e. The second-order valence-corrected chi connectivity index (χ2v) is 8.89. The molecule has 2 saturated heterocycles. The first kappa shape index (κ1) is 21.9. The van der Waals surface area contributed by atoms with E-state index in [9.17, 15) is 0 Å². The molecule has 0 bridgehead atoms. The van der Waals surface area contributed by atoms with Gasteiger partial charge in [-0.2, -0.15) is 5.26 Å². The number of ether oxygens (including phenoxy) is 3. The zero-order valence-corrected chi connectivity index (χ0v) is 19.0. The van der Waals surface area contributed by atoms with Gasteiger partial charge < -0.3 is 18.7 Å². The van der Waals surface area contributed by atoms with Crippen molar-refractivity contribution in [2.75, 3.05) is 32.8 Å². The summed E-state index contributed by atoms with van der Waals surface area (Å²) in [5, 5.41) is 14.4. The highest BCUT2D eigenvalue weighted by atomic mass is 16.7. The lowest BCUT2D eigenvalue weighted by Crippen LogP contribution is -2.39.